The maximum Gasteiger partial charge on any atom is 0.259 e. The maximum absolute atomic E-state index is 12.7. The smallest absolute Gasteiger partial charge is 0.259 e. The summed E-state index contributed by atoms with van der Waals surface area (Å²) in [5.41, 5.74) is 3.64. The Morgan fingerprint density at radius 1 is 0.963 bits per heavy atom. The van der Waals surface area contributed by atoms with Gasteiger partial charge in [0.25, 0.3) is 5.91 Å². The van der Waals surface area contributed by atoms with E-state index in [2.05, 4.69) is 41.4 Å². The number of carbonyl (C=O) groups excluding carboxylic acids is 1. The Morgan fingerprint density at radius 2 is 1.67 bits per heavy atom. The van der Waals surface area contributed by atoms with Crippen molar-refractivity contribution >= 4 is 17.4 Å². The molecule has 0 spiro atoms. The molecule has 3 aromatic rings. The lowest BCUT2D eigenvalue weighted by atomic mass is 9.87. The summed E-state index contributed by atoms with van der Waals surface area (Å²) in [5.74, 6) is 0.363. The normalized spacial score (nSPS) is 11.1. The third kappa shape index (κ3) is 4.91. The zero-order valence-electron chi connectivity index (χ0n) is 15.9. The van der Waals surface area contributed by atoms with Crippen molar-refractivity contribution in [1.29, 1.82) is 0 Å². The monoisotopic (exact) mass is 360 g/mol. The van der Waals surface area contributed by atoms with Crippen LogP contribution < -0.4 is 10.6 Å². The molecular formula is C22H24N4O. The lowest BCUT2D eigenvalue weighted by molar-refractivity contribution is 0.102. The van der Waals surface area contributed by atoms with Gasteiger partial charge in [0, 0.05) is 30.8 Å². The first-order valence-corrected chi connectivity index (χ1v) is 8.93. The Balaban J connectivity index is 1.71. The highest BCUT2D eigenvalue weighted by molar-refractivity contribution is 6.07. The number of pyridine rings is 2. The Labute approximate surface area is 159 Å². The zero-order valence-corrected chi connectivity index (χ0v) is 15.9. The highest BCUT2D eigenvalue weighted by atomic mass is 16.1. The molecule has 3 rings (SSSR count). The molecule has 1 aromatic carbocycles. The van der Waals surface area contributed by atoms with E-state index in [1.165, 1.54) is 5.56 Å². The molecule has 0 aliphatic heterocycles. The standard InChI is InChI=1S/C22H24N4O/c1-22(2,3)17-6-8-18(9-7-17)26-21(27)19-5-4-12-24-20(19)25-15-16-10-13-23-14-11-16/h4-14H,15H2,1-3H3,(H,24,25)(H,26,27). The topological polar surface area (TPSA) is 66.9 Å². The highest BCUT2D eigenvalue weighted by Crippen LogP contribution is 2.24. The molecule has 138 valence electrons. The van der Waals surface area contributed by atoms with E-state index in [1.54, 1.807) is 30.7 Å². The van der Waals surface area contributed by atoms with Crippen LogP contribution in [0, 0.1) is 0 Å². The Bertz CT molecular complexity index is 900. The molecule has 2 N–H and O–H groups in total. The summed E-state index contributed by atoms with van der Waals surface area (Å²) in [6.07, 6.45) is 5.15. The maximum atomic E-state index is 12.7. The summed E-state index contributed by atoms with van der Waals surface area (Å²) < 4.78 is 0. The molecule has 5 heteroatoms. The van der Waals surface area contributed by atoms with E-state index >= 15 is 0 Å². The van der Waals surface area contributed by atoms with Gasteiger partial charge in [0.2, 0.25) is 0 Å². The number of amides is 1. The van der Waals surface area contributed by atoms with Crippen LogP contribution in [0.5, 0.6) is 0 Å². The predicted octanol–water partition coefficient (Wildman–Crippen LogP) is 4.64. The highest BCUT2D eigenvalue weighted by Gasteiger charge is 2.15. The Morgan fingerprint density at radius 3 is 2.33 bits per heavy atom. The van der Waals surface area contributed by atoms with Gasteiger partial charge in [0.15, 0.2) is 0 Å². The number of benzene rings is 1. The van der Waals surface area contributed by atoms with Crippen LogP contribution in [-0.2, 0) is 12.0 Å². The molecule has 0 atom stereocenters. The van der Waals surface area contributed by atoms with E-state index in [4.69, 9.17) is 0 Å². The van der Waals surface area contributed by atoms with Crippen LogP contribution >= 0.6 is 0 Å². The molecule has 0 bridgehead atoms. The number of nitrogens with one attached hydrogen (secondary N) is 2. The number of hydrogen-bond acceptors (Lipinski definition) is 4. The van der Waals surface area contributed by atoms with Gasteiger partial charge in [0.1, 0.15) is 5.82 Å². The number of anilines is 2. The summed E-state index contributed by atoms with van der Waals surface area (Å²) in [7, 11) is 0. The fourth-order valence-electron chi connectivity index (χ4n) is 2.67. The van der Waals surface area contributed by atoms with E-state index in [-0.39, 0.29) is 11.3 Å². The lowest BCUT2D eigenvalue weighted by Crippen LogP contribution is -2.16. The molecule has 1 amide bonds. The number of hydrogen-bond donors (Lipinski definition) is 2. The third-order valence-electron chi connectivity index (χ3n) is 4.27. The number of rotatable bonds is 5. The second-order valence-electron chi connectivity index (χ2n) is 7.39. The van der Waals surface area contributed by atoms with Gasteiger partial charge in [0.05, 0.1) is 5.56 Å². The summed E-state index contributed by atoms with van der Waals surface area (Å²) in [6, 6.07) is 15.3. The fourth-order valence-corrected chi connectivity index (χ4v) is 2.67. The van der Waals surface area contributed by atoms with Crippen molar-refractivity contribution < 1.29 is 4.79 Å². The van der Waals surface area contributed by atoms with E-state index in [0.717, 1.165) is 11.3 Å². The SMILES string of the molecule is CC(C)(C)c1ccc(NC(=O)c2cccnc2NCc2ccncc2)cc1. The number of nitrogens with zero attached hydrogens (tertiary/aromatic N) is 2. The average Bonchev–Trinajstić information content (AvgIpc) is 2.67. The minimum absolute atomic E-state index is 0.0793. The minimum atomic E-state index is -0.191. The molecule has 2 heterocycles. The molecule has 27 heavy (non-hydrogen) atoms. The van der Waals surface area contributed by atoms with Gasteiger partial charge in [-0.2, -0.15) is 0 Å². The molecule has 0 radical (unpaired) electrons. The molecule has 0 saturated heterocycles. The van der Waals surface area contributed by atoms with Crippen LogP contribution in [0.1, 0.15) is 42.3 Å². The molecule has 2 aromatic heterocycles. The number of carbonyl (C=O) groups is 1. The van der Waals surface area contributed by atoms with E-state index in [1.807, 2.05) is 36.4 Å². The minimum Gasteiger partial charge on any atom is -0.365 e. The first kappa shape index (κ1) is 18.6. The zero-order chi connectivity index (χ0) is 19.3. The molecule has 0 unspecified atom stereocenters. The van der Waals surface area contributed by atoms with Gasteiger partial charge in [-0.3, -0.25) is 9.78 Å². The second kappa shape index (κ2) is 7.99. The van der Waals surface area contributed by atoms with Gasteiger partial charge >= 0.3 is 0 Å². The molecule has 5 nitrogen and oxygen atoms in total. The van der Waals surface area contributed by atoms with Crippen molar-refractivity contribution in [3.8, 4) is 0 Å². The van der Waals surface area contributed by atoms with Crippen molar-refractivity contribution in [1.82, 2.24) is 9.97 Å². The first-order chi connectivity index (χ1) is 12.9. The third-order valence-corrected chi connectivity index (χ3v) is 4.27. The quantitative estimate of drug-likeness (QED) is 0.696. The first-order valence-electron chi connectivity index (χ1n) is 8.93. The summed E-state index contributed by atoms with van der Waals surface area (Å²) in [5, 5.41) is 6.17. The average molecular weight is 360 g/mol. The van der Waals surface area contributed by atoms with Gasteiger partial charge in [-0.15, -0.1) is 0 Å². The summed E-state index contributed by atoms with van der Waals surface area (Å²) in [4.78, 5) is 21.0. The predicted molar refractivity (Wildman–Crippen MR) is 109 cm³/mol. The summed E-state index contributed by atoms with van der Waals surface area (Å²) in [6.45, 7) is 7.06. The molecule has 0 aliphatic rings. The largest absolute Gasteiger partial charge is 0.365 e. The molecule has 0 aliphatic carbocycles. The van der Waals surface area contributed by atoms with Gasteiger partial charge in [-0.05, 0) is 52.9 Å². The van der Waals surface area contributed by atoms with Crippen molar-refractivity contribution in [3.05, 3.63) is 83.8 Å². The molecule has 0 fully saturated rings. The van der Waals surface area contributed by atoms with Crippen LogP contribution in [0.3, 0.4) is 0 Å². The van der Waals surface area contributed by atoms with E-state index in [9.17, 15) is 4.79 Å². The van der Waals surface area contributed by atoms with Crippen LogP contribution in [0.2, 0.25) is 0 Å². The van der Waals surface area contributed by atoms with E-state index < -0.39 is 0 Å². The van der Waals surface area contributed by atoms with Crippen LogP contribution in [0.4, 0.5) is 11.5 Å². The van der Waals surface area contributed by atoms with Crippen LogP contribution in [-0.4, -0.2) is 15.9 Å². The van der Waals surface area contributed by atoms with Crippen molar-refractivity contribution in [2.45, 2.75) is 32.7 Å². The Hall–Kier alpha value is -3.21. The van der Waals surface area contributed by atoms with Crippen molar-refractivity contribution in [3.63, 3.8) is 0 Å². The molecular weight excluding hydrogens is 336 g/mol. The van der Waals surface area contributed by atoms with Crippen LogP contribution in [0.25, 0.3) is 0 Å². The van der Waals surface area contributed by atoms with Gasteiger partial charge in [-0.25, -0.2) is 4.98 Å². The fraction of sp³-hybridized carbons (Fsp3) is 0.227. The van der Waals surface area contributed by atoms with E-state index in [0.29, 0.717) is 17.9 Å². The Kier molecular flexibility index (Phi) is 5.50. The van der Waals surface area contributed by atoms with Gasteiger partial charge < -0.3 is 10.6 Å². The molecule has 0 saturated carbocycles. The van der Waals surface area contributed by atoms with Crippen molar-refractivity contribution in [2.24, 2.45) is 0 Å². The second-order valence-corrected chi connectivity index (χ2v) is 7.39. The number of aromatic nitrogens is 2. The van der Waals surface area contributed by atoms with Crippen molar-refractivity contribution in [2.75, 3.05) is 10.6 Å². The lowest BCUT2D eigenvalue weighted by Gasteiger charge is -2.19. The van der Waals surface area contributed by atoms with Gasteiger partial charge in [-0.1, -0.05) is 32.9 Å². The summed E-state index contributed by atoms with van der Waals surface area (Å²) >= 11 is 0. The van der Waals surface area contributed by atoms with Crippen LogP contribution in [0.15, 0.2) is 67.1 Å².